The number of pyridine rings is 1. The van der Waals surface area contributed by atoms with Crippen LogP contribution >= 0.6 is 0 Å². The highest BCUT2D eigenvalue weighted by Crippen LogP contribution is 2.31. The Bertz CT molecular complexity index is 953. The SMILES string of the molecule is CCC(CC)n1nc(C)c2nc(-c3ccc(C(C)C)nc3NC)c(C)nc21. The third-order valence-electron chi connectivity index (χ3n) is 5.16. The van der Waals surface area contributed by atoms with Crippen molar-refractivity contribution in [2.75, 3.05) is 12.4 Å². The summed E-state index contributed by atoms with van der Waals surface area (Å²) in [6.45, 7) is 12.7. The van der Waals surface area contributed by atoms with E-state index >= 15 is 0 Å². The van der Waals surface area contributed by atoms with Crippen LogP contribution in [-0.2, 0) is 0 Å². The Morgan fingerprint density at radius 1 is 1.00 bits per heavy atom. The van der Waals surface area contributed by atoms with Gasteiger partial charge in [0.15, 0.2) is 5.65 Å². The number of aromatic nitrogens is 5. The van der Waals surface area contributed by atoms with Crippen molar-refractivity contribution in [1.29, 1.82) is 0 Å². The summed E-state index contributed by atoms with van der Waals surface area (Å²) in [6.07, 6.45) is 2.05. The lowest BCUT2D eigenvalue weighted by molar-refractivity contribution is 0.436. The van der Waals surface area contributed by atoms with Gasteiger partial charge in [0.25, 0.3) is 0 Å². The molecule has 0 spiro atoms. The molecule has 3 aromatic heterocycles. The van der Waals surface area contributed by atoms with E-state index in [1.807, 2.05) is 25.6 Å². The Balaban J connectivity index is 2.20. The number of aryl methyl sites for hydroxylation is 2. The number of rotatable bonds is 6. The van der Waals surface area contributed by atoms with Crippen LogP contribution in [0.5, 0.6) is 0 Å². The summed E-state index contributed by atoms with van der Waals surface area (Å²) in [6, 6.07) is 4.52. The molecule has 0 amide bonds. The Morgan fingerprint density at radius 3 is 2.30 bits per heavy atom. The molecule has 6 nitrogen and oxygen atoms in total. The third-order valence-corrected chi connectivity index (χ3v) is 5.16. The number of fused-ring (bicyclic) bond motifs is 1. The van der Waals surface area contributed by atoms with Crippen LogP contribution in [-0.4, -0.2) is 31.8 Å². The zero-order valence-corrected chi connectivity index (χ0v) is 17.5. The lowest BCUT2D eigenvalue weighted by Crippen LogP contribution is -2.10. The van der Waals surface area contributed by atoms with Gasteiger partial charge in [-0.2, -0.15) is 5.10 Å². The fourth-order valence-corrected chi connectivity index (χ4v) is 3.49. The normalized spacial score (nSPS) is 11.7. The first kappa shape index (κ1) is 19.3. The van der Waals surface area contributed by atoms with Gasteiger partial charge in [-0.3, -0.25) is 0 Å². The van der Waals surface area contributed by atoms with Crippen LogP contribution in [0.3, 0.4) is 0 Å². The first-order chi connectivity index (χ1) is 12.9. The molecule has 0 saturated heterocycles. The van der Waals surface area contributed by atoms with Gasteiger partial charge in [0, 0.05) is 18.3 Å². The fraction of sp³-hybridized carbons (Fsp3) is 0.524. The molecule has 0 unspecified atom stereocenters. The molecule has 144 valence electrons. The fourth-order valence-electron chi connectivity index (χ4n) is 3.49. The molecule has 3 aromatic rings. The first-order valence-corrected chi connectivity index (χ1v) is 9.83. The highest BCUT2D eigenvalue weighted by molar-refractivity contribution is 5.81. The van der Waals surface area contributed by atoms with Crippen molar-refractivity contribution in [3.05, 3.63) is 29.2 Å². The van der Waals surface area contributed by atoms with E-state index in [-0.39, 0.29) is 0 Å². The van der Waals surface area contributed by atoms with Crippen molar-refractivity contribution >= 4 is 17.0 Å². The Hall–Kier alpha value is -2.50. The molecule has 3 heterocycles. The van der Waals surface area contributed by atoms with Crippen LogP contribution in [0.4, 0.5) is 5.82 Å². The molecule has 0 aromatic carbocycles. The molecule has 0 aliphatic carbocycles. The van der Waals surface area contributed by atoms with E-state index in [4.69, 9.17) is 20.1 Å². The highest BCUT2D eigenvalue weighted by Gasteiger charge is 2.20. The van der Waals surface area contributed by atoms with Gasteiger partial charge in [-0.15, -0.1) is 0 Å². The second kappa shape index (κ2) is 7.62. The lowest BCUT2D eigenvalue weighted by atomic mass is 10.1. The summed E-state index contributed by atoms with van der Waals surface area (Å²) in [7, 11) is 1.90. The maximum absolute atomic E-state index is 4.97. The van der Waals surface area contributed by atoms with Gasteiger partial charge in [-0.1, -0.05) is 27.7 Å². The average Bonchev–Trinajstić information content (AvgIpc) is 2.97. The van der Waals surface area contributed by atoms with Crippen LogP contribution in [0.1, 0.15) is 69.6 Å². The molecule has 0 saturated carbocycles. The minimum atomic E-state index is 0.348. The molecule has 0 atom stereocenters. The summed E-state index contributed by atoms with van der Waals surface area (Å²) in [5.74, 6) is 1.21. The summed E-state index contributed by atoms with van der Waals surface area (Å²) in [5, 5.41) is 7.97. The van der Waals surface area contributed by atoms with E-state index in [9.17, 15) is 0 Å². The highest BCUT2D eigenvalue weighted by atomic mass is 15.3. The number of nitrogens with one attached hydrogen (secondary N) is 1. The molecule has 0 aliphatic rings. The minimum absolute atomic E-state index is 0.348. The van der Waals surface area contributed by atoms with Gasteiger partial charge < -0.3 is 5.32 Å². The zero-order valence-electron chi connectivity index (χ0n) is 17.5. The van der Waals surface area contributed by atoms with Crippen molar-refractivity contribution in [2.45, 2.75) is 66.3 Å². The van der Waals surface area contributed by atoms with Gasteiger partial charge in [0.1, 0.15) is 11.3 Å². The Labute approximate surface area is 161 Å². The van der Waals surface area contributed by atoms with E-state index in [0.29, 0.717) is 12.0 Å². The average molecular weight is 367 g/mol. The topological polar surface area (TPSA) is 68.5 Å². The molecule has 0 aliphatic heterocycles. The maximum atomic E-state index is 4.97. The van der Waals surface area contributed by atoms with Crippen molar-refractivity contribution in [1.82, 2.24) is 24.7 Å². The number of hydrogen-bond acceptors (Lipinski definition) is 5. The first-order valence-electron chi connectivity index (χ1n) is 9.83. The monoisotopic (exact) mass is 366 g/mol. The smallest absolute Gasteiger partial charge is 0.177 e. The molecule has 27 heavy (non-hydrogen) atoms. The van der Waals surface area contributed by atoms with Crippen molar-refractivity contribution in [3.63, 3.8) is 0 Å². The molecule has 0 bridgehead atoms. The number of nitrogens with zero attached hydrogens (tertiary/aromatic N) is 5. The van der Waals surface area contributed by atoms with Gasteiger partial charge in [-0.25, -0.2) is 19.6 Å². The van der Waals surface area contributed by atoms with Gasteiger partial charge in [0.2, 0.25) is 0 Å². The largest absolute Gasteiger partial charge is 0.373 e. The summed E-state index contributed by atoms with van der Waals surface area (Å²) in [5.41, 5.74) is 6.46. The molecular formula is C21H30N6. The molecule has 6 heteroatoms. The standard InChI is InChI=1S/C21H30N6/c1-8-15(9-2)27-21-19(14(6)26-27)25-18(13(5)23-21)16-10-11-17(12(3)4)24-20(16)22-7/h10-12,15H,8-9H2,1-7H3,(H,22,24). The predicted octanol–water partition coefficient (Wildman–Crippen LogP) is 5.03. The molecular weight excluding hydrogens is 336 g/mol. The van der Waals surface area contributed by atoms with Crippen LogP contribution in [0, 0.1) is 13.8 Å². The molecule has 0 radical (unpaired) electrons. The Morgan fingerprint density at radius 2 is 1.70 bits per heavy atom. The van der Waals surface area contributed by atoms with Gasteiger partial charge in [-0.05, 0) is 44.7 Å². The third kappa shape index (κ3) is 3.40. The summed E-state index contributed by atoms with van der Waals surface area (Å²) < 4.78 is 2.05. The van der Waals surface area contributed by atoms with Crippen LogP contribution < -0.4 is 5.32 Å². The predicted molar refractivity (Wildman–Crippen MR) is 111 cm³/mol. The van der Waals surface area contributed by atoms with E-state index in [1.54, 1.807) is 0 Å². The second-order valence-electron chi connectivity index (χ2n) is 7.37. The van der Waals surface area contributed by atoms with E-state index in [2.05, 4.69) is 45.1 Å². The van der Waals surface area contributed by atoms with Gasteiger partial charge >= 0.3 is 0 Å². The summed E-state index contributed by atoms with van der Waals surface area (Å²) >= 11 is 0. The molecule has 0 fully saturated rings. The lowest BCUT2D eigenvalue weighted by Gasteiger charge is -2.15. The quantitative estimate of drug-likeness (QED) is 0.662. The number of hydrogen-bond donors (Lipinski definition) is 1. The summed E-state index contributed by atoms with van der Waals surface area (Å²) in [4.78, 5) is 14.6. The number of anilines is 1. The second-order valence-corrected chi connectivity index (χ2v) is 7.37. The molecule has 1 N–H and O–H groups in total. The zero-order chi connectivity index (χ0) is 19.7. The van der Waals surface area contributed by atoms with Crippen molar-refractivity contribution in [3.8, 4) is 11.3 Å². The van der Waals surface area contributed by atoms with Crippen LogP contribution in [0.2, 0.25) is 0 Å². The minimum Gasteiger partial charge on any atom is -0.373 e. The van der Waals surface area contributed by atoms with Crippen molar-refractivity contribution in [2.24, 2.45) is 0 Å². The maximum Gasteiger partial charge on any atom is 0.177 e. The van der Waals surface area contributed by atoms with Gasteiger partial charge in [0.05, 0.1) is 23.1 Å². The van der Waals surface area contributed by atoms with E-state index in [0.717, 1.165) is 58.2 Å². The van der Waals surface area contributed by atoms with E-state index in [1.165, 1.54) is 0 Å². The molecule has 3 rings (SSSR count). The van der Waals surface area contributed by atoms with Crippen LogP contribution in [0.15, 0.2) is 12.1 Å². The van der Waals surface area contributed by atoms with Crippen LogP contribution in [0.25, 0.3) is 22.4 Å². The van der Waals surface area contributed by atoms with Crippen molar-refractivity contribution < 1.29 is 0 Å². The van der Waals surface area contributed by atoms with E-state index < -0.39 is 0 Å². The Kier molecular flexibility index (Phi) is 5.44.